The molecule has 2 aromatic heterocycles. The van der Waals surface area contributed by atoms with Crippen molar-refractivity contribution >= 4 is 17.4 Å². The van der Waals surface area contributed by atoms with Crippen LogP contribution in [0.5, 0.6) is 0 Å². The number of carbonyl (C=O) groups is 1. The van der Waals surface area contributed by atoms with E-state index in [-0.39, 0.29) is 23.3 Å². The number of amides is 1. The second-order valence-electron chi connectivity index (χ2n) is 7.73. The summed E-state index contributed by atoms with van der Waals surface area (Å²) in [7, 11) is 0. The number of hydrogen-bond donors (Lipinski definition) is 0. The number of rotatable bonds is 5. The monoisotopic (exact) mass is 450 g/mol. The Hall–Kier alpha value is -3.24. The molecule has 0 N–H and O–H groups in total. The molecule has 3 heterocycles. The first-order chi connectivity index (χ1) is 15.3. The zero-order valence-electron chi connectivity index (χ0n) is 17.4. The highest BCUT2D eigenvalue weighted by molar-refractivity contribution is 5.79. The molecule has 0 spiro atoms. The fraction of sp³-hybridized carbons (Fsp3) is 0.429. The zero-order valence-corrected chi connectivity index (χ0v) is 17.4. The first kappa shape index (κ1) is 22.0. The number of alkyl halides is 3. The second kappa shape index (κ2) is 8.71. The first-order valence-electron chi connectivity index (χ1n) is 10.3. The van der Waals surface area contributed by atoms with E-state index in [4.69, 9.17) is 0 Å². The van der Waals surface area contributed by atoms with Crippen LogP contribution in [-0.2, 0) is 17.5 Å². The number of aromatic nitrogens is 4. The van der Waals surface area contributed by atoms with Crippen molar-refractivity contribution in [1.29, 1.82) is 0 Å². The molecule has 1 aliphatic rings. The predicted molar refractivity (Wildman–Crippen MR) is 108 cm³/mol. The maximum Gasteiger partial charge on any atom is 0.453 e. The molecule has 0 radical (unpaired) electrons. The van der Waals surface area contributed by atoms with E-state index in [9.17, 15) is 22.4 Å². The summed E-state index contributed by atoms with van der Waals surface area (Å²) in [6.45, 7) is 3.68. The molecule has 4 rings (SSSR count). The third kappa shape index (κ3) is 4.51. The minimum Gasteiger partial charge on any atom is -0.355 e. The minimum atomic E-state index is -4.66. The molecular formula is C21H22F4N6O. The SMILES string of the molecule is CCN(Cc1cccc(F)c1)C(=O)C1CCN(c2ccc3nnc(C(F)(F)F)n3n2)CC1. The molecule has 1 aromatic carbocycles. The summed E-state index contributed by atoms with van der Waals surface area (Å²) in [5.41, 5.74) is 0.742. The Morgan fingerprint density at radius 3 is 2.56 bits per heavy atom. The number of anilines is 1. The Morgan fingerprint density at radius 2 is 1.91 bits per heavy atom. The number of hydrogen-bond acceptors (Lipinski definition) is 5. The molecule has 0 atom stereocenters. The van der Waals surface area contributed by atoms with E-state index >= 15 is 0 Å². The summed E-state index contributed by atoms with van der Waals surface area (Å²) in [4.78, 5) is 16.6. The van der Waals surface area contributed by atoms with Gasteiger partial charge in [-0.1, -0.05) is 12.1 Å². The molecule has 1 saturated heterocycles. The highest BCUT2D eigenvalue weighted by Gasteiger charge is 2.38. The predicted octanol–water partition coefficient (Wildman–Crippen LogP) is 3.55. The summed E-state index contributed by atoms with van der Waals surface area (Å²) < 4.78 is 53.5. The summed E-state index contributed by atoms with van der Waals surface area (Å²) in [5.74, 6) is -1.34. The molecule has 3 aromatic rings. The molecule has 11 heteroatoms. The number of fused-ring (bicyclic) bond motifs is 1. The van der Waals surface area contributed by atoms with Crippen molar-refractivity contribution in [2.75, 3.05) is 24.5 Å². The smallest absolute Gasteiger partial charge is 0.355 e. The molecule has 170 valence electrons. The summed E-state index contributed by atoms with van der Waals surface area (Å²) in [6, 6.07) is 9.23. The summed E-state index contributed by atoms with van der Waals surface area (Å²) in [6.07, 6.45) is -3.56. The number of piperidine rings is 1. The maximum absolute atomic E-state index is 13.5. The molecule has 32 heavy (non-hydrogen) atoms. The van der Waals surface area contributed by atoms with Crippen LogP contribution in [0, 0.1) is 11.7 Å². The molecule has 7 nitrogen and oxygen atoms in total. The summed E-state index contributed by atoms with van der Waals surface area (Å²) in [5, 5.41) is 10.8. The van der Waals surface area contributed by atoms with Crippen LogP contribution in [-0.4, -0.2) is 50.3 Å². The van der Waals surface area contributed by atoms with Gasteiger partial charge in [-0.2, -0.15) is 17.7 Å². The first-order valence-corrected chi connectivity index (χ1v) is 10.3. The third-order valence-corrected chi connectivity index (χ3v) is 5.63. The summed E-state index contributed by atoms with van der Waals surface area (Å²) >= 11 is 0. The van der Waals surface area contributed by atoms with Crippen molar-refractivity contribution in [3.8, 4) is 0 Å². The van der Waals surface area contributed by atoms with Crippen LogP contribution in [0.4, 0.5) is 23.4 Å². The van der Waals surface area contributed by atoms with Crippen molar-refractivity contribution in [1.82, 2.24) is 24.7 Å². The van der Waals surface area contributed by atoms with Gasteiger partial charge in [-0.15, -0.1) is 15.3 Å². The van der Waals surface area contributed by atoms with Crippen molar-refractivity contribution in [3.05, 3.63) is 53.6 Å². The Morgan fingerprint density at radius 1 is 1.16 bits per heavy atom. The molecule has 0 bridgehead atoms. The number of halogens is 4. The Bertz CT molecular complexity index is 1110. The fourth-order valence-electron chi connectivity index (χ4n) is 3.94. The van der Waals surface area contributed by atoms with Crippen LogP contribution in [0.2, 0.25) is 0 Å². The van der Waals surface area contributed by atoms with Gasteiger partial charge in [0, 0.05) is 32.1 Å². The molecule has 0 unspecified atom stereocenters. The third-order valence-electron chi connectivity index (χ3n) is 5.63. The highest BCUT2D eigenvalue weighted by atomic mass is 19.4. The average Bonchev–Trinajstić information content (AvgIpc) is 3.21. The normalized spacial score (nSPS) is 15.3. The van der Waals surface area contributed by atoms with E-state index in [0.717, 1.165) is 5.56 Å². The van der Waals surface area contributed by atoms with Crippen molar-refractivity contribution in [2.24, 2.45) is 5.92 Å². The zero-order chi connectivity index (χ0) is 22.9. The van der Waals surface area contributed by atoms with Gasteiger partial charge in [-0.3, -0.25) is 4.79 Å². The molecule has 1 amide bonds. The second-order valence-corrected chi connectivity index (χ2v) is 7.73. The Labute approximate surface area is 181 Å². The number of carbonyl (C=O) groups excluding carboxylic acids is 1. The van der Waals surface area contributed by atoms with Gasteiger partial charge in [0.25, 0.3) is 5.82 Å². The number of nitrogens with zero attached hydrogens (tertiary/aromatic N) is 6. The van der Waals surface area contributed by atoms with E-state index in [0.29, 0.717) is 49.4 Å². The van der Waals surface area contributed by atoms with Crippen LogP contribution in [0.3, 0.4) is 0 Å². The minimum absolute atomic E-state index is 0.00186. The lowest BCUT2D eigenvalue weighted by molar-refractivity contribution is -0.146. The van der Waals surface area contributed by atoms with E-state index in [1.807, 2.05) is 11.8 Å². The molecule has 1 aliphatic heterocycles. The van der Waals surface area contributed by atoms with Crippen molar-refractivity contribution in [2.45, 2.75) is 32.5 Å². The van der Waals surface area contributed by atoms with Gasteiger partial charge >= 0.3 is 6.18 Å². The molecule has 0 saturated carbocycles. The van der Waals surface area contributed by atoms with Gasteiger partial charge in [0.15, 0.2) is 5.65 Å². The van der Waals surface area contributed by atoms with E-state index < -0.39 is 12.0 Å². The van der Waals surface area contributed by atoms with Crippen LogP contribution in [0.25, 0.3) is 5.65 Å². The van der Waals surface area contributed by atoms with Gasteiger partial charge in [-0.05, 0) is 49.6 Å². The standard InChI is InChI=1S/C21H22F4N6O/c1-2-29(13-14-4-3-5-16(22)12-14)19(32)15-8-10-30(11-9-15)18-7-6-17-26-27-20(21(23,24)25)31(17)28-18/h3-7,12,15H,2,8-11,13H2,1H3. The lowest BCUT2D eigenvalue weighted by atomic mass is 9.95. The lowest BCUT2D eigenvalue weighted by Gasteiger charge is -2.34. The quantitative estimate of drug-likeness (QED) is 0.557. The Kier molecular flexibility index (Phi) is 5.98. The van der Waals surface area contributed by atoms with E-state index in [1.54, 1.807) is 23.1 Å². The van der Waals surface area contributed by atoms with Crippen molar-refractivity contribution < 1.29 is 22.4 Å². The average molecular weight is 450 g/mol. The topological polar surface area (TPSA) is 66.6 Å². The van der Waals surface area contributed by atoms with Gasteiger partial charge in [0.05, 0.1) is 0 Å². The van der Waals surface area contributed by atoms with Gasteiger partial charge < -0.3 is 9.80 Å². The number of benzene rings is 1. The molecule has 1 fully saturated rings. The Balaban J connectivity index is 1.42. The van der Waals surface area contributed by atoms with Crippen LogP contribution in [0.1, 0.15) is 31.2 Å². The molecular weight excluding hydrogens is 428 g/mol. The van der Waals surface area contributed by atoms with E-state index in [1.165, 1.54) is 18.2 Å². The lowest BCUT2D eigenvalue weighted by Crippen LogP contribution is -2.42. The van der Waals surface area contributed by atoms with Crippen LogP contribution >= 0.6 is 0 Å². The van der Waals surface area contributed by atoms with Crippen LogP contribution in [0.15, 0.2) is 36.4 Å². The molecule has 0 aliphatic carbocycles. The van der Waals surface area contributed by atoms with Gasteiger partial charge in [0.2, 0.25) is 5.91 Å². The van der Waals surface area contributed by atoms with Crippen molar-refractivity contribution in [3.63, 3.8) is 0 Å². The van der Waals surface area contributed by atoms with Gasteiger partial charge in [-0.25, -0.2) is 4.39 Å². The highest BCUT2D eigenvalue weighted by Crippen LogP contribution is 2.29. The maximum atomic E-state index is 13.5. The largest absolute Gasteiger partial charge is 0.453 e. The van der Waals surface area contributed by atoms with E-state index in [2.05, 4.69) is 15.3 Å². The van der Waals surface area contributed by atoms with Gasteiger partial charge in [0.1, 0.15) is 11.6 Å². The van der Waals surface area contributed by atoms with Crippen LogP contribution < -0.4 is 4.90 Å². The fourth-order valence-corrected chi connectivity index (χ4v) is 3.94.